The second kappa shape index (κ2) is 13.6. The third-order valence-corrected chi connectivity index (χ3v) is 8.07. The molecule has 200 valence electrons. The number of hydrogen-bond donors (Lipinski definition) is 3. The van der Waals surface area contributed by atoms with Crippen LogP contribution in [-0.2, 0) is 0 Å². The third-order valence-electron chi connectivity index (χ3n) is 8.07. The highest BCUT2D eigenvalue weighted by atomic mass is 19.1. The Hall–Kier alpha value is -1.66. The fraction of sp³-hybridized carbons (Fsp3) is 0.893. The van der Waals surface area contributed by atoms with Crippen LogP contribution in [0.4, 0.5) is 4.39 Å². The van der Waals surface area contributed by atoms with E-state index in [2.05, 4.69) is 51.7 Å². The van der Waals surface area contributed by atoms with Gasteiger partial charge in [0.2, 0.25) is 0 Å². The van der Waals surface area contributed by atoms with Gasteiger partial charge < -0.3 is 16.0 Å². The van der Waals surface area contributed by atoms with E-state index in [1.807, 2.05) is 0 Å². The van der Waals surface area contributed by atoms with Gasteiger partial charge >= 0.3 is 0 Å². The van der Waals surface area contributed by atoms with E-state index >= 15 is 0 Å². The maximum absolute atomic E-state index is 13.0. The van der Waals surface area contributed by atoms with Gasteiger partial charge in [-0.15, -0.1) is 0 Å². The van der Waals surface area contributed by atoms with Crippen LogP contribution in [-0.4, -0.2) is 62.9 Å². The van der Waals surface area contributed by atoms with Crippen LogP contribution >= 0.6 is 0 Å². The predicted molar refractivity (Wildman–Crippen MR) is 147 cm³/mol. The highest BCUT2D eigenvalue weighted by molar-refractivity contribution is 5.86. The standard InChI is InChI=1S/C10H18N2.C9H15FN2.C8H14N2.CH4/c1-7-3-9-4-8(2)6-12-10(9)11-5-7;1-6-2-7-3-8(10)5-12-9(7)11-4-6;1-3-7-4-2-6-10-8(7)9-5-1;/h7-9H,3-6H2,1-2H3,(H,11,12);6-8H,2-5H2,1H3,(H,11,12);7H,1-6H2,(H,9,10);1H4. The van der Waals surface area contributed by atoms with Crippen molar-refractivity contribution >= 4 is 17.5 Å². The van der Waals surface area contributed by atoms with E-state index in [4.69, 9.17) is 0 Å². The molecule has 0 saturated carbocycles. The summed E-state index contributed by atoms with van der Waals surface area (Å²) in [5.74, 6) is 7.83. The lowest BCUT2D eigenvalue weighted by Crippen LogP contribution is -2.45. The van der Waals surface area contributed by atoms with Crippen molar-refractivity contribution in [1.29, 1.82) is 0 Å². The number of aliphatic imine (C=N–C) groups is 3. The van der Waals surface area contributed by atoms with Gasteiger partial charge in [0.1, 0.15) is 6.17 Å². The number of hydrogen-bond acceptors (Lipinski definition) is 6. The molecule has 0 radical (unpaired) electrons. The molecule has 7 heteroatoms. The molecule has 6 nitrogen and oxygen atoms in total. The molecule has 3 saturated heterocycles. The maximum Gasteiger partial charge on any atom is 0.118 e. The quantitative estimate of drug-likeness (QED) is 0.454. The Balaban J connectivity index is 0.000000145. The molecule has 7 atom stereocenters. The summed E-state index contributed by atoms with van der Waals surface area (Å²) in [6.45, 7) is 12.6. The Morgan fingerprint density at radius 1 is 0.657 bits per heavy atom. The fourth-order valence-corrected chi connectivity index (χ4v) is 6.23. The van der Waals surface area contributed by atoms with E-state index in [0.29, 0.717) is 24.8 Å². The van der Waals surface area contributed by atoms with Gasteiger partial charge in [-0.2, -0.15) is 0 Å². The normalized spacial score (nSPS) is 37.4. The molecule has 0 bridgehead atoms. The number of nitrogens with one attached hydrogen (secondary N) is 3. The van der Waals surface area contributed by atoms with E-state index in [1.54, 1.807) is 0 Å². The second-order valence-corrected chi connectivity index (χ2v) is 11.6. The van der Waals surface area contributed by atoms with Crippen molar-refractivity contribution in [3.8, 4) is 0 Å². The zero-order valence-corrected chi connectivity index (χ0v) is 21.7. The molecule has 0 aliphatic carbocycles. The van der Waals surface area contributed by atoms with E-state index in [9.17, 15) is 4.39 Å². The average Bonchev–Trinajstić information content (AvgIpc) is 2.84. The molecular weight excluding hydrogens is 439 g/mol. The Bertz CT molecular complexity index is 706. The van der Waals surface area contributed by atoms with Crippen LogP contribution in [0.5, 0.6) is 0 Å². The first-order valence-electron chi connectivity index (χ1n) is 14.0. The first-order valence-corrected chi connectivity index (χ1v) is 14.0. The summed E-state index contributed by atoms with van der Waals surface area (Å²) < 4.78 is 13.0. The Kier molecular flexibility index (Phi) is 10.8. The molecule has 3 fully saturated rings. The monoisotopic (exact) mass is 490 g/mol. The summed E-state index contributed by atoms with van der Waals surface area (Å²) in [4.78, 5) is 13.4. The van der Waals surface area contributed by atoms with Crippen molar-refractivity contribution in [1.82, 2.24) is 16.0 Å². The Morgan fingerprint density at radius 2 is 1.23 bits per heavy atom. The lowest BCUT2D eigenvalue weighted by atomic mass is 9.83. The molecule has 6 aliphatic rings. The summed E-state index contributed by atoms with van der Waals surface area (Å²) >= 11 is 0. The molecule has 0 aromatic rings. The minimum atomic E-state index is -0.667. The van der Waals surface area contributed by atoms with Gasteiger partial charge in [0.05, 0.1) is 17.5 Å². The van der Waals surface area contributed by atoms with Crippen LogP contribution in [0.1, 0.15) is 79.6 Å². The van der Waals surface area contributed by atoms with Gasteiger partial charge in [-0.25, -0.2) is 4.39 Å². The molecule has 0 aromatic carbocycles. The summed E-state index contributed by atoms with van der Waals surface area (Å²) in [6, 6.07) is 0. The van der Waals surface area contributed by atoms with Crippen molar-refractivity contribution in [2.75, 3.05) is 39.3 Å². The van der Waals surface area contributed by atoms with Crippen molar-refractivity contribution in [3.05, 3.63) is 0 Å². The van der Waals surface area contributed by atoms with Crippen LogP contribution < -0.4 is 16.0 Å². The first kappa shape index (κ1) is 27.9. The van der Waals surface area contributed by atoms with Crippen molar-refractivity contribution < 1.29 is 4.39 Å². The Labute approximate surface area is 213 Å². The molecule has 6 heterocycles. The number of amidine groups is 3. The SMILES string of the molecule is C.C1CN=C2NCCCC2C1.CC1CN=C2NCC(C)CC2C1.CC1CN=C2NCC(F)CC2C1. The topological polar surface area (TPSA) is 73.2 Å². The molecule has 6 aliphatic heterocycles. The molecule has 6 rings (SSSR count). The number of halogens is 1. The minimum absolute atomic E-state index is 0. The number of alkyl halides is 1. The smallest absolute Gasteiger partial charge is 0.118 e. The van der Waals surface area contributed by atoms with E-state index in [0.717, 1.165) is 68.7 Å². The number of nitrogens with zero attached hydrogens (tertiary/aromatic N) is 3. The zero-order valence-electron chi connectivity index (χ0n) is 21.7. The number of piperidine rings is 3. The maximum atomic E-state index is 13.0. The number of fused-ring (bicyclic) bond motifs is 3. The van der Waals surface area contributed by atoms with Crippen LogP contribution in [0.25, 0.3) is 0 Å². The molecule has 0 spiro atoms. The minimum Gasteiger partial charge on any atom is -0.374 e. The van der Waals surface area contributed by atoms with Gasteiger partial charge in [0.25, 0.3) is 0 Å². The van der Waals surface area contributed by atoms with Gasteiger partial charge in [-0.05, 0) is 69.1 Å². The Morgan fingerprint density at radius 3 is 1.91 bits per heavy atom. The van der Waals surface area contributed by atoms with E-state index < -0.39 is 6.17 Å². The first-order chi connectivity index (χ1) is 16.5. The van der Waals surface area contributed by atoms with E-state index in [-0.39, 0.29) is 7.43 Å². The average molecular weight is 491 g/mol. The third kappa shape index (κ3) is 8.18. The summed E-state index contributed by atoms with van der Waals surface area (Å²) in [7, 11) is 0. The second-order valence-electron chi connectivity index (χ2n) is 11.6. The molecule has 0 amide bonds. The fourth-order valence-electron chi connectivity index (χ4n) is 6.23. The highest BCUT2D eigenvalue weighted by Crippen LogP contribution is 2.28. The molecule has 7 unspecified atom stereocenters. The van der Waals surface area contributed by atoms with Gasteiger partial charge in [0.15, 0.2) is 0 Å². The summed E-state index contributed by atoms with van der Waals surface area (Å²) in [6.07, 6.45) is 9.17. The van der Waals surface area contributed by atoms with Crippen LogP contribution in [0.3, 0.4) is 0 Å². The lowest BCUT2D eigenvalue weighted by Gasteiger charge is -2.34. The van der Waals surface area contributed by atoms with E-state index in [1.165, 1.54) is 50.2 Å². The van der Waals surface area contributed by atoms with Gasteiger partial charge in [-0.1, -0.05) is 28.2 Å². The molecule has 35 heavy (non-hydrogen) atoms. The van der Waals surface area contributed by atoms with Crippen LogP contribution in [0.15, 0.2) is 15.0 Å². The van der Waals surface area contributed by atoms with Crippen molar-refractivity contribution in [2.45, 2.75) is 85.7 Å². The van der Waals surface area contributed by atoms with Crippen LogP contribution in [0, 0.1) is 35.5 Å². The molecule has 3 N–H and O–H groups in total. The van der Waals surface area contributed by atoms with Crippen LogP contribution in [0.2, 0.25) is 0 Å². The molecule has 0 aromatic heterocycles. The molecular formula is C28H51FN6. The number of rotatable bonds is 0. The highest BCUT2D eigenvalue weighted by Gasteiger charge is 2.30. The largest absolute Gasteiger partial charge is 0.374 e. The van der Waals surface area contributed by atoms with Gasteiger partial charge in [0, 0.05) is 57.0 Å². The van der Waals surface area contributed by atoms with Crippen molar-refractivity contribution in [3.63, 3.8) is 0 Å². The zero-order chi connectivity index (χ0) is 23.9. The predicted octanol–water partition coefficient (Wildman–Crippen LogP) is 4.86. The summed E-state index contributed by atoms with van der Waals surface area (Å²) in [5.41, 5.74) is 0. The lowest BCUT2D eigenvalue weighted by molar-refractivity contribution is 0.248. The van der Waals surface area contributed by atoms with Gasteiger partial charge in [-0.3, -0.25) is 15.0 Å². The van der Waals surface area contributed by atoms with Crippen molar-refractivity contribution in [2.24, 2.45) is 50.5 Å². The summed E-state index contributed by atoms with van der Waals surface area (Å²) in [5, 5.41) is 9.88.